The van der Waals surface area contributed by atoms with Gasteiger partial charge in [-0.1, -0.05) is 17.7 Å². The van der Waals surface area contributed by atoms with E-state index in [4.69, 9.17) is 17.3 Å². The van der Waals surface area contributed by atoms with Crippen LogP contribution in [0.2, 0.25) is 5.02 Å². The Hall–Kier alpha value is -2.93. The van der Waals surface area contributed by atoms with E-state index < -0.39 is 36.3 Å². The van der Waals surface area contributed by atoms with Crippen LogP contribution in [0.15, 0.2) is 36.4 Å². The number of benzene rings is 2. The third-order valence-corrected chi connectivity index (χ3v) is 6.45. The third-order valence-electron chi connectivity index (χ3n) is 6.22. The first kappa shape index (κ1) is 29.6. The number of amides is 1. The first-order chi connectivity index (χ1) is 18.0. The van der Waals surface area contributed by atoms with E-state index in [1.54, 1.807) is 23.1 Å². The zero-order chi connectivity index (χ0) is 27.9. The van der Waals surface area contributed by atoms with Crippen molar-refractivity contribution in [1.29, 1.82) is 0 Å². The predicted octanol–water partition coefficient (Wildman–Crippen LogP) is 3.70. The summed E-state index contributed by atoms with van der Waals surface area (Å²) in [5, 5.41) is 15.1. The summed E-state index contributed by atoms with van der Waals surface area (Å²) in [5.41, 5.74) is 6.64. The molecule has 1 aliphatic heterocycles. The van der Waals surface area contributed by atoms with E-state index in [0.29, 0.717) is 48.1 Å². The maximum Gasteiger partial charge on any atom is 0.390 e. The second-order valence-electron chi connectivity index (χ2n) is 8.97. The van der Waals surface area contributed by atoms with Crippen molar-refractivity contribution in [1.82, 2.24) is 10.2 Å². The van der Waals surface area contributed by atoms with Crippen LogP contribution in [0.1, 0.15) is 28.8 Å². The van der Waals surface area contributed by atoms with Crippen molar-refractivity contribution < 1.29 is 32.3 Å². The van der Waals surface area contributed by atoms with Crippen molar-refractivity contribution in [2.24, 2.45) is 5.73 Å². The molecule has 1 unspecified atom stereocenters. The molecule has 1 heterocycles. The summed E-state index contributed by atoms with van der Waals surface area (Å²) < 4.78 is 52.4. The number of piperazine rings is 1. The number of aliphatic carboxylic acids is 1. The molecule has 208 valence electrons. The molecule has 1 saturated heterocycles. The number of rotatable bonds is 11. The predicted molar refractivity (Wildman–Crippen MR) is 137 cm³/mol. The second-order valence-corrected chi connectivity index (χ2v) is 9.41. The summed E-state index contributed by atoms with van der Waals surface area (Å²) in [5.74, 6) is -2.53. The number of nitrogens with one attached hydrogen (secondary N) is 2. The van der Waals surface area contributed by atoms with Gasteiger partial charge in [-0.15, -0.1) is 0 Å². The van der Waals surface area contributed by atoms with E-state index >= 15 is 0 Å². The number of carbonyl (C=O) groups is 2. The molecule has 1 amide bonds. The quantitative estimate of drug-likeness (QED) is 0.311. The van der Waals surface area contributed by atoms with E-state index in [0.717, 1.165) is 6.07 Å². The molecule has 1 aliphatic rings. The lowest BCUT2D eigenvalue weighted by Crippen LogP contribution is -2.47. The fourth-order valence-corrected chi connectivity index (χ4v) is 4.30. The highest BCUT2D eigenvalue weighted by Gasteiger charge is 2.29. The summed E-state index contributed by atoms with van der Waals surface area (Å²) >= 11 is 6.17. The Morgan fingerprint density at radius 3 is 2.42 bits per heavy atom. The fourth-order valence-electron chi connectivity index (χ4n) is 4.13. The molecule has 0 radical (unpaired) electrons. The molecule has 0 aliphatic carbocycles. The molecular formula is C25H30ClF4N5O3. The lowest BCUT2D eigenvalue weighted by molar-refractivity contribution is -0.140. The van der Waals surface area contributed by atoms with Crippen LogP contribution in [0.25, 0.3) is 0 Å². The van der Waals surface area contributed by atoms with Gasteiger partial charge in [-0.25, -0.2) is 4.39 Å². The van der Waals surface area contributed by atoms with Gasteiger partial charge in [0.05, 0.1) is 23.4 Å². The number of carbonyl (C=O) groups excluding carboxylic acids is 1. The Bertz CT molecular complexity index is 1130. The average molecular weight is 560 g/mol. The smallest absolute Gasteiger partial charge is 0.390 e. The monoisotopic (exact) mass is 559 g/mol. The van der Waals surface area contributed by atoms with Gasteiger partial charge in [0.15, 0.2) is 0 Å². The Kier molecular flexibility index (Phi) is 10.3. The first-order valence-corrected chi connectivity index (χ1v) is 12.4. The van der Waals surface area contributed by atoms with Crippen LogP contribution in [-0.4, -0.2) is 73.4 Å². The maximum atomic E-state index is 14.8. The van der Waals surface area contributed by atoms with Crippen molar-refractivity contribution in [3.8, 4) is 0 Å². The van der Waals surface area contributed by atoms with E-state index in [1.807, 2.05) is 4.90 Å². The van der Waals surface area contributed by atoms with Crippen molar-refractivity contribution in [2.75, 3.05) is 49.5 Å². The summed E-state index contributed by atoms with van der Waals surface area (Å²) in [6.07, 6.45) is -4.87. The minimum atomic E-state index is -4.21. The number of halogens is 5. The van der Waals surface area contributed by atoms with E-state index in [1.165, 1.54) is 12.1 Å². The van der Waals surface area contributed by atoms with E-state index in [9.17, 15) is 32.3 Å². The molecule has 0 aromatic heterocycles. The number of hydrogen-bond acceptors (Lipinski definition) is 6. The number of carboxylic acids is 1. The highest BCUT2D eigenvalue weighted by Crippen LogP contribution is 2.31. The molecular weight excluding hydrogens is 530 g/mol. The highest BCUT2D eigenvalue weighted by atomic mass is 35.5. The van der Waals surface area contributed by atoms with Crippen molar-refractivity contribution in [2.45, 2.75) is 31.6 Å². The summed E-state index contributed by atoms with van der Waals surface area (Å²) in [6.45, 7) is 1.86. The molecule has 13 heteroatoms. The number of nitrogens with zero attached hydrogens (tertiary/aromatic N) is 2. The van der Waals surface area contributed by atoms with Crippen LogP contribution in [0.4, 0.5) is 28.9 Å². The molecule has 0 bridgehead atoms. The van der Waals surface area contributed by atoms with E-state index in [-0.39, 0.29) is 31.6 Å². The van der Waals surface area contributed by atoms with E-state index in [2.05, 4.69) is 10.6 Å². The van der Waals surface area contributed by atoms with Crippen molar-refractivity contribution >= 4 is 34.9 Å². The summed E-state index contributed by atoms with van der Waals surface area (Å²) in [6, 6.07) is 7.93. The zero-order valence-electron chi connectivity index (χ0n) is 20.5. The highest BCUT2D eigenvalue weighted by molar-refractivity contribution is 6.31. The van der Waals surface area contributed by atoms with Crippen LogP contribution in [0.5, 0.6) is 0 Å². The van der Waals surface area contributed by atoms with Gasteiger partial charge in [0.2, 0.25) is 0 Å². The molecule has 1 atom stereocenters. The molecule has 2 aromatic carbocycles. The van der Waals surface area contributed by atoms with Crippen LogP contribution < -0.4 is 21.3 Å². The van der Waals surface area contributed by atoms with Gasteiger partial charge in [-0.3, -0.25) is 14.5 Å². The van der Waals surface area contributed by atoms with Gasteiger partial charge < -0.3 is 26.4 Å². The van der Waals surface area contributed by atoms with Gasteiger partial charge in [-0.05, 0) is 48.9 Å². The average Bonchev–Trinajstić information content (AvgIpc) is 2.86. The third kappa shape index (κ3) is 8.55. The minimum Gasteiger partial charge on any atom is -0.480 e. The number of anilines is 2. The molecule has 0 spiro atoms. The van der Waals surface area contributed by atoms with Gasteiger partial charge in [-0.2, -0.15) is 13.2 Å². The fraction of sp³-hybridized carbons (Fsp3) is 0.440. The maximum absolute atomic E-state index is 14.8. The molecule has 8 nitrogen and oxygen atoms in total. The summed E-state index contributed by atoms with van der Waals surface area (Å²) in [4.78, 5) is 27.8. The Balaban J connectivity index is 1.66. The van der Waals surface area contributed by atoms with Crippen molar-refractivity contribution in [3.63, 3.8) is 0 Å². The first-order valence-electron chi connectivity index (χ1n) is 12.1. The second kappa shape index (κ2) is 13.2. The molecule has 2 aromatic rings. The molecule has 3 rings (SSSR count). The van der Waals surface area contributed by atoms with Gasteiger partial charge in [0.1, 0.15) is 11.9 Å². The minimum absolute atomic E-state index is 0.0755. The lowest BCUT2D eigenvalue weighted by atomic mass is 10.1. The summed E-state index contributed by atoms with van der Waals surface area (Å²) in [7, 11) is 0. The lowest BCUT2D eigenvalue weighted by Gasteiger charge is -2.37. The Morgan fingerprint density at radius 1 is 1.11 bits per heavy atom. The van der Waals surface area contributed by atoms with Crippen LogP contribution in [0, 0.1) is 5.82 Å². The molecule has 1 fully saturated rings. The normalized spacial score (nSPS) is 15.4. The topological polar surface area (TPSA) is 111 Å². The van der Waals surface area contributed by atoms with Crippen LogP contribution >= 0.6 is 11.6 Å². The Morgan fingerprint density at radius 2 is 1.82 bits per heavy atom. The number of alkyl halides is 3. The molecule has 5 N–H and O–H groups in total. The molecule has 0 saturated carbocycles. The van der Waals surface area contributed by atoms with Gasteiger partial charge >= 0.3 is 12.1 Å². The SMILES string of the molecule is NCCC(NCc1ccc(C(=O)Nc2ccc(Cl)cc2N2CCN(CCC(F)(F)F)CC2)c(F)c1)C(=O)O. The van der Waals surface area contributed by atoms with Gasteiger partial charge in [0, 0.05) is 44.3 Å². The van der Waals surface area contributed by atoms with Crippen molar-refractivity contribution in [3.05, 3.63) is 58.4 Å². The van der Waals surface area contributed by atoms with Crippen LogP contribution in [0.3, 0.4) is 0 Å². The van der Waals surface area contributed by atoms with Gasteiger partial charge in [0.25, 0.3) is 5.91 Å². The zero-order valence-corrected chi connectivity index (χ0v) is 21.3. The standard InChI is InChI=1S/C25H30ClF4N5O3/c26-17-2-4-20(22(14-17)35-11-9-34(10-12-35)8-6-25(28,29)30)33-23(36)18-3-1-16(13-19(18)27)15-32-21(5-7-31)24(37)38/h1-4,13-14,21,32H,5-12,15,31H2,(H,33,36)(H,37,38). The largest absolute Gasteiger partial charge is 0.480 e. The molecule has 38 heavy (non-hydrogen) atoms. The Labute approximate surface area is 222 Å². The number of carboxylic acid groups (broad SMARTS) is 1. The number of nitrogens with two attached hydrogens (primary N) is 1. The number of hydrogen-bond donors (Lipinski definition) is 4. The van der Waals surface area contributed by atoms with Crippen LogP contribution in [-0.2, 0) is 11.3 Å².